The lowest BCUT2D eigenvalue weighted by Gasteiger charge is -2.15. The summed E-state index contributed by atoms with van der Waals surface area (Å²) in [6.45, 7) is 1.92. The number of thiazole rings is 1. The molecule has 3 N–H and O–H groups in total. The summed E-state index contributed by atoms with van der Waals surface area (Å²) in [5, 5.41) is 12.2. The zero-order valence-corrected chi connectivity index (χ0v) is 25.9. The standard InChI is InChI=1S/C33H27FN4O3S3/c1-2-29(32(41)38-33-37-28(20-43-33)21-13-15-23(34)16-14-21)44-26-11-6-10-24(18-26)35-31(40)27(19-25-12-7-17-42-25)36-30(39)22-8-4-3-5-9-22/h3-20,29H,2H2,1H3,(H,35,40)(H,36,39)(H,37,38,41)/b27-19-. The highest BCUT2D eigenvalue weighted by molar-refractivity contribution is 8.00. The van der Waals surface area contributed by atoms with Gasteiger partial charge in [-0.25, -0.2) is 9.37 Å². The molecule has 5 aromatic rings. The van der Waals surface area contributed by atoms with Crippen molar-refractivity contribution in [3.63, 3.8) is 0 Å². The number of carbonyl (C=O) groups is 3. The Balaban J connectivity index is 1.25. The molecule has 3 amide bonds. The first-order valence-electron chi connectivity index (χ1n) is 13.6. The fraction of sp³-hybridized carbons (Fsp3) is 0.0909. The Morgan fingerprint density at radius 2 is 1.73 bits per heavy atom. The van der Waals surface area contributed by atoms with Gasteiger partial charge in [0.05, 0.1) is 10.9 Å². The van der Waals surface area contributed by atoms with Gasteiger partial charge in [-0.15, -0.1) is 34.4 Å². The predicted octanol–water partition coefficient (Wildman–Crippen LogP) is 7.93. The summed E-state index contributed by atoms with van der Waals surface area (Å²) < 4.78 is 13.3. The third-order valence-electron chi connectivity index (χ3n) is 6.27. The van der Waals surface area contributed by atoms with Crippen LogP contribution in [0.15, 0.2) is 112 Å². The van der Waals surface area contributed by atoms with E-state index in [4.69, 9.17) is 0 Å². The van der Waals surface area contributed by atoms with Crippen molar-refractivity contribution < 1.29 is 18.8 Å². The van der Waals surface area contributed by atoms with Crippen LogP contribution in [0.3, 0.4) is 0 Å². The van der Waals surface area contributed by atoms with E-state index in [1.165, 1.54) is 46.6 Å². The average molecular weight is 643 g/mol. The number of halogens is 1. The average Bonchev–Trinajstić information content (AvgIpc) is 3.73. The number of nitrogens with zero attached hydrogens (tertiary/aromatic N) is 1. The number of carbonyl (C=O) groups excluding carboxylic acids is 3. The van der Waals surface area contributed by atoms with Crippen LogP contribution >= 0.6 is 34.4 Å². The molecule has 11 heteroatoms. The van der Waals surface area contributed by atoms with Crippen LogP contribution in [0.5, 0.6) is 0 Å². The van der Waals surface area contributed by atoms with E-state index in [1.807, 2.05) is 41.9 Å². The Kier molecular flexibility index (Phi) is 10.3. The zero-order valence-electron chi connectivity index (χ0n) is 23.5. The number of thioether (sulfide) groups is 1. The molecule has 0 aliphatic carbocycles. The molecule has 0 bridgehead atoms. The first-order valence-corrected chi connectivity index (χ1v) is 16.2. The van der Waals surface area contributed by atoms with Gasteiger partial charge in [0.1, 0.15) is 11.5 Å². The van der Waals surface area contributed by atoms with Gasteiger partial charge in [0.2, 0.25) is 5.91 Å². The van der Waals surface area contributed by atoms with Crippen LogP contribution in [0.2, 0.25) is 0 Å². The Hall–Kier alpha value is -4.58. The van der Waals surface area contributed by atoms with Gasteiger partial charge in [-0.3, -0.25) is 14.4 Å². The Morgan fingerprint density at radius 3 is 2.45 bits per heavy atom. The van der Waals surface area contributed by atoms with Crippen LogP contribution in [-0.2, 0) is 9.59 Å². The monoisotopic (exact) mass is 642 g/mol. The SMILES string of the molecule is CCC(Sc1cccc(NC(=O)/C(=C/c2cccs2)NC(=O)c2ccccc2)c1)C(=O)Nc1nc(-c2ccc(F)cc2)cs1. The Morgan fingerprint density at radius 1 is 0.932 bits per heavy atom. The molecule has 0 saturated heterocycles. The van der Waals surface area contributed by atoms with Crippen LogP contribution in [0.4, 0.5) is 15.2 Å². The predicted molar refractivity (Wildman–Crippen MR) is 177 cm³/mol. The van der Waals surface area contributed by atoms with Gasteiger partial charge >= 0.3 is 0 Å². The summed E-state index contributed by atoms with van der Waals surface area (Å²) in [5.41, 5.74) is 2.47. The molecule has 222 valence electrons. The maximum absolute atomic E-state index is 13.3. The lowest BCUT2D eigenvalue weighted by molar-refractivity contribution is -0.116. The molecule has 5 rings (SSSR count). The largest absolute Gasteiger partial charge is 0.321 e. The molecule has 3 aromatic carbocycles. The van der Waals surface area contributed by atoms with Crippen LogP contribution < -0.4 is 16.0 Å². The number of nitrogens with one attached hydrogen (secondary N) is 3. The van der Waals surface area contributed by atoms with Crippen molar-refractivity contribution in [1.82, 2.24) is 10.3 Å². The number of aromatic nitrogens is 1. The van der Waals surface area contributed by atoms with E-state index in [0.717, 1.165) is 15.3 Å². The highest BCUT2D eigenvalue weighted by Gasteiger charge is 2.20. The van der Waals surface area contributed by atoms with E-state index in [-0.39, 0.29) is 17.4 Å². The van der Waals surface area contributed by atoms with Crippen LogP contribution in [-0.4, -0.2) is 28.0 Å². The number of anilines is 2. The van der Waals surface area contributed by atoms with Crippen molar-refractivity contribution >= 4 is 69.1 Å². The third kappa shape index (κ3) is 8.28. The number of benzene rings is 3. The quantitative estimate of drug-likeness (QED) is 0.100. The van der Waals surface area contributed by atoms with Crippen molar-refractivity contribution in [2.24, 2.45) is 0 Å². The number of thiophene rings is 1. The molecule has 1 unspecified atom stereocenters. The molecular weight excluding hydrogens is 616 g/mol. The fourth-order valence-corrected chi connectivity index (χ4v) is 6.45. The highest BCUT2D eigenvalue weighted by Crippen LogP contribution is 2.30. The van der Waals surface area contributed by atoms with Crippen molar-refractivity contribution in [2.75, 3.05) is 10.6 Å². The topological polar surface area (TPSA) is 100 Å². The van der Waals surface area contributed by atoms with E-state index in [9.17, 15) is 18.8 Å². The minimum atomic E-state index is -0.477. The lowest BCUT2D eigenvalue weighted by Crippen LogP contribution is -2.30. The Bertz CT molecular complexity index is 1770. The van der Waals surface area contributed by atoms with E-state index in [1.54, 1.807) is 60.7 Å². The molecule has 1 atom stereocenters. The van der Waals surface area contributed by atoms with Crippen LogP contribution in [0, 0.1) is 5.82 Å². The maximum Gasteiger partial charge on any atom is 0.272 e. The summed E-state index contributed by atoms with van der Waals surface area (Å²) in [6.07, 6.45) is 2.19. The molecule has 0 spiro atoms. The van der Waals surface area contributed by atoms with Crippen LogP contribution in [0.25, 0.3) is 17.3 Å². The molecule has 0 aliphatic heterocycles. The highest BCUT2D eigenvalue weighted by atomic mass is 32.2. The first kappa shape index (κ1) is 30.9. The van der Waals surface area contributed by atoms with Gasteiger partial charge in [0.15, 0.2) is 5.13 Å². The third-order valence-corrected chi connectivity index (χ3v) is 9.20. The van der Waals surface area contributed by atoms with Crippen molar-refractivity contribution in [3.8, 4) is 11.3 Å². The molecule has 44 heavy (non-hydrogen) atoms. The Labute approximate surface area is 266 Å². The first-order chi connectivity index (χ1) is 21.4. The maximum atomic E-state index is 13.3. The molecule has 0 fully saturated rings. The van der Waals surface area contributed by atoms with Gasteiger partial charge in [-0.05, 0) is 78.5 Å². The van der Waals surface area contributed by atoms with Gasteiger partial charge in [0, 0.05) is 32.0 Å². The molecule has 2 heterocycles. The van der Waals surface area contributed by atoms with Gasteiger partial charge < -0.3 is 16.0 Å². The second-order valence-electron chi connectivity index (χ2n) is 9.42. The minimum Gasteiger partial charge on any atom is -0.321 e. The smallest absolute Gasteiger partial charge is 0.272 e. The molecule has 0 radical (unpaired) electrons. The van der Waals surface area contributed by atoms with Crippen molar-refractivity contribution in [3.05, 3.63) is 124 Å². The van der Waals surface area contributed by atoms with E-state index in [0.29, 0.717) is 28.5 Å². The summed E-state index contributed by atoms with van der Waals surface area (Å²) in [7, 11) is 0. The van der Waals surface area contributed by atoms with Gasteiger partial charge in [0.25, 0.3) is 11.8 Å². The molecular formula is C33H27FN4O3S3. The summed E-state index contributed by atoms with van der Waals surface area (Å²) >= 11 is 4.12. The fourth-order valence-electron chi connectivity index (χ4n) is 4.06. The molecule has 0 saturated carbocycles. The minimum absolute atomic E-state index is 0.105. The lowest BCUT2D eigenvalue weighted by atomic mass is 10.2. The number of rotatable bonds is 11. The van der Waals surface area contributed by atoms with Crippen LogP contribution in [0.1, 0.15) is 28.6 Å². The number of hydrogen-bond donors (Lipinski definition) is 3. The summed E-state index contributed by atoms with van der Waals surface area (Å²) in [5.74, 6) is -1.39. The van der Waals surface area contributed by atoms with E-state index < -0.39 is 17.1 Å². The van der Waals surface area contributed by atoms with Crippen molar-refractivity contribution in [2.45, 2.75) is 23.5 Å². The zero-order chi connectivity index (χ0) is 30.9. The molecule has 0 aliphatic rings. The number of hydrogen-bond acceptors (Lipinski definition) is 7. The van der Waals surface area contributed by atoms with Crippen molar-refractivity contribution in [1.29, 1.82) is 0 Å². The number of amides is 3. The van der Waals surface area contributed by atoms with Gasteiger partial charge in [-0.1, -0.05) is 37.3 Å². The summed E-state index contributed by atoms with van der Waals surface area (Å²) in [6, 6.07) is 25.6. The van der Waals surface area contributed by atoms with E-state index in [2.05, 4.69) is 20.9 Å². The second kappa shape index (κ2) is 14.7. The molecule has 2 aromatic heterocycles. The molecule has 7 nitrogen and oxygen atoms in total. The second-order valence-corrected chi connectivity index (χ2v) is 12.5. The van der Waals surface area contributed by atoms with E-state index >= 15 is 0 Å². The van der Waals surface area contributed by atoms with Gasteiger partial charge in [-0.2, -0.15) is 0 Å². The normalized spacial score (nSPS) is 11.9. The summed E-state index contributed by atoms with van der Waals surface area (Å²) in [4.78, 5) is 45.4.